The molecule has 1 atom stereocenters. The summed E-state index contributed by atoms with van der Waals surface area (Å²) in [5.41, 5.74) is 3.40. The number of imidazole rings is 1. The number of aromatic amines is 2. The number of aliphatic hydroxyl groups is 1. The third kappa shape index (κ3) is 3.99. The number of rotatable bonds is 5. The predicted molar refractivity (Wildman–Crippen MR) is 133 cm³/mol. The van der Waals surface area contributed by atoms with Crippen LogP contribution in [0.5, 0.6) is 11.5 Å². The lowest BCUT2D eigenvalue weighted by atomic mass is 9.93. The topological polar surface area (TPSA) is 148 Å². The van der Waals surface area contributed by atoms with E-state index in [1.807, 2.05) is 0 Å². The van der Waals surface area contributed by atoms with Crippen molar-refractivity contribution in [2.24, 2.45) is 0 Å². The standard InChI is InChI=1S/C25H19F2N5O6S/c1-2-35-23(34)22-21-10(7-29-22)19(20-13(30-21)8-28-9-14(20)33)15-3-4-18(36-15)39-24-31-11-5-16-17(6-12(11)32-24)38-25(26,27)37-16/h3-7,14,28-29,33H,2,8-9H2,1H3,(H,31,32). The number of ether oxygens (including phenoxy) is 3. The largest absolute Gasteiger partial charge is 0.586 e. The molecular formula is C25H19F2N5O6S. The summed E-state index contributed by atoms with van der Waals surface area (Å²) in [4.78, 5) is 27.7. The molecule has 39 heavy (non-hydrogen) atoms. The fourth-order valence-electron chi connectivity index (χ4n) is 4.84. The first kappa shape index (κ1) is 23.9. The number of esters is 1. The van der Waals surface area contributed by atoms with Gasteiger partial charge in [0.25, 0.3) is 0 Å². The van der Waals surface area contributed by atoms with E-state index < -0.39 is 18.4 Å². The van der Waals surface area contributed by atoms with Gasteiger partial charge in [-0.25, -0.2) is 14.8 Å². The van der Waals surface area contributed by atoms with E-state index in [9.17, 15) is 18.7 Å². The fourth-order valence-corrected chi connectivity index (χ4v) is 5.60. The van der Waals surface area contributed by atoms with Crippen LogP contribution in [0.2, 0.25) is 0 Å². The normalized spacial score (nSPS) is 17.6. The average Bonchev–Trinajstić information content (AvgIpc) is 3.65. The second-order valence-electron chi connectivity index (χ2n) is 8.89. The van der Waals surface area contributed by atoms with Gasteiger partial charge >= 0.3 is 12.3 Å². The van der Waals surface area contributed by atoms with E-state index in [-0.39, 0.29) is 23.8 Å². The number of fused-ring (bicyclic) bond motifs is 4. The number of alkyl halides is 2. The Labute approximate surface area is 221 Å². The number of aliphatic hydroxyl groups excluding tert-OH is 1. The van der Waals surface area contributed by atoms with E-state index in [2.05, 4.69) is 34.7 Å². The highest BCUT2D eigenvalue weighted by Crippen LogP contribution is 2.44. The van der Waals surface area contributed by atoms with Crippen LogP contribution in [0.25, 0.3) is 33.3 Å². The van der Waals surface area contributed by atoms with Crippen molar-refractivity contribution >= 4 is 39.7 Å². The SMILES string of the molecule is CCOC(=O)c1[nH]cc2c(-c3ccc(Sc4nc5cc6c(cc5[nH]4)OC(F)(F)O6)o3)c3c(nc12)CNCC3O. The van der Waals surface area contributed by atoms with Gasteiger partial charge in [0.05, 0.1) is 29.4 Å². The molecule has 2 aliphatic rings. The number of nitrogens with one attached hydrogen (secondary N) is 3. The number of carbonyl (C=O) groups is 1. The number of pyridine rings is 1. The molecule has 0 bridgehead atoms. The molecule has 200 valence electrons. The van der Waals surface area contributed by atoms with Crippen LogP contribution in [0, 0.1) is 0 Å². The van der Waals surface area contributed by atoms with Crippen molar-refractivity contribution in [3.63, 3.8) is 0 Å². The average molecular weight is 556 g/mol. The highest BCUT2D eigenvalue weighted by atomic mass is 32.2. The third-order valence-electron chi connectivity index (χ3n) is 6.40. The van der Waals surface area contributed by atoms with Crippen LogP contribution in [0.1, 0.15) is 34.8 Å². The minimum absolute atomic E-state index is 0.0822. The van der Waals surface area contributed by atoms with Crippen molar-refractivity contribution in [1.82, 2.24) is 25.3 Å². The Morgan fingerprint density at radius 2 is 2.08 bits per heavy atom. The molecule has 1 aromatic carbocycles. The first-order valence-corrected chi connectivity index (χ1v) is 12.8. The maximum absolute atomic E-state index is 13.4. The highest BCUT2D eigenvalue weighted by molar-refractivity contribution is 7.99. The number of H-pyrrole nitrogens is 2. The van der Waals surface area contributed by atoms with Crippen molar-refractivity contribution in [1.29, 1.82) is 0 Å². The molecule has 4 aromatic heterocycles. The van der Waals surface area contributed by atoms with Gasteiger partial charge in [-0.3, -0.25) is 0 Å². The lowest BCUT2D eigenvalue weighted by molar-refractivity contribution is -0.286. The number of hydrogen-bond acceptors (Lipinski definition) is 10. The molecular weight excluding hydrogens is 536 g/mol. The summed E-state index contributed by atoms with van der Waals surface area (Å²) in [6.07, 6.45) is -2.89. The summed E-state index contributed by atoms with van der Waals surface area (Å²) in [6, 6.07) is 6.30. The molecule has 1 unspecified atom stereocenters. The Kier molecular flexibility index (Phi) is 5.33. The van der Waals surface area contributed by atoms with Gasteiger partial charge in [0, 0.05) is 47.9 Å². The molecule has 4 N–H and O–H groups in total. The van der Waals surface area contributed by atoms with E-state index in [0.717, 1.165) is 0 Å². The second-order valence-corrected chi connectivity index (χ2v) is 9.88. The number of furan rings is 1. The summed E-state index contributed by atoms with van der Waals surface area (Å²) in [5, 5.41) is 15.5. The van der Waals surface area contributed by atoms with Gasteiger partial charge in [0.1, 0.15) is 11.3 Å². The highest BCUT2D eigenvalue weighted by Gasteiger charge is 2.43. The minimum Gasteiger partial charge on any atom is -0.461 e. The molecule has 11 nitrogen and oxygen atoms in total. The summed E-state index contributed by atoms with van der Waals surface area (Å²) >= 11 is 1.19. The van der Waals surface area contributed by atoms with E-state index in [1.165, 1.54) is 23.9 Å². The van der Waals surface area contributed by atoms with Crippen molar-refractivity contribution in [2.75, 3.05) is 13.2 Å². The molecule has 0 amide bonds. The van der Waals surface area contributed by atoms with Gasteiger partial charge in [-0.1, -0.05) is 0 Å². The zero-order valence-electron chi connectivity index (χ0n) is 20.1. The van der Waals surface area contributed by atoms with Gasteiger partial charge in [-0.15, -0.1) is 8.78 Å². The maximum atomic E-state index is 13.4. The first-order valence-electron chi connectivity index (χ1n) is 12.0. The van der Waals surface area contributed by atoms with E-state index in [1.54, 1.807) is 25.3 Å². The monoisotopic (exact) mass is 555 g/mol. The summed E-state index contributed by atoms with van der Waals surface area (Å²) in [6.45, 7) is 2.69. The van der Waals surface area contributed by atoms with Crippen LogP contribution in [-0.2, 0) is 11.3 Å². The van der Waals surface area contributed by atoms with Gasteiger partial charge in [-0.05, 0) is 30.8 Å². The van der Waals surface area contributed by atoms with Crippen LogP contribution in [-0.4, -0.2) is 50.5 Å². The minimum atomic E-state index is -3.71. The van der Waals surface area contributed by atoms with Crippen molar-refractivity contribution < 1.29 is 37.3 Å². The molecule has 2 aliphatic heterocycles. The number of aromatic nitrogens is 4. The Hall–Kier alpha value is -4.14. The Bertz CT molecular complexity index is 1730. The lowest BCUT2D eigenvalue weighted by Gasteiger charge is -2.24. The van der Waals surface area contributed by atoms with Crippen LogP contribution >= 0.6 is 11.8 Å². The second kappa shape index (κ2) is 8.69. The van der Waals surface area contributed by atoms with Gasteiger partial charge in [-0.2, -0.15) is 0 Å². The quantitative estimate of drug-likeness (QED) is 0.229. The number of benzene rings is 1. The van der Waals surface area contributed by atoms with Crippen LogP contribution in [0.4, 0.5) is 8.78 Å². The smallest absolute Gasteiger partial charge is 0.461 e. The van der Waals surface area contributed by atoms with Crippen molar-refractivity contribution in [3.05, 3.63) is 47.4 Å². The van der Waals surface area contributed by atoms with Crippen LogP contribution in [0.15, 0.2) is 45.1 Å². The fraction of sp³-hybridized carbons (Fsp3) is 0.240. The Balaban J connectivity index is 1.26. The third-order valence-corrected chi connectivity index (χ3v) is 7.21. The van der Waals surface area contributed by atoms with Crippen molar-refractivity contribution in [2.45, 2.75) is 36.1 Å². The molecule has 0 saturated heterocycles. The lowest BCUT2D eigenvalue weighted by Crippen LogP contribution is -2.29. The first-order chi connectivity index (χ1) is 18.8. The Morgan fingerprint density at radius 1 is 1.26 bits per heavy atom. The van der Waals surface area contributed by atoms with Gasteiger partial charge in [0.2, 0.25) is 0 Å². The zero-order chi connectivity index (χ0) is 26.9. The molecule has 14 heteroatoms. The van der Waals surface area contributed by atoms with Crippen LogP contribution < -0.4 is 14.8 Å². The number of nitrogens with zero attached hydrogens (tertiary/aromatic N) is 2. The van der Waals surface area contributed by atoms with Crippen LogP contribution in [0.3, 0.4) is 0 Å². The molecule has 0 radical (unpaired) electrons. The zero-order valence-corrected chi connectivity index (χ0v) is 20.9. The Morgan fingerprint density at radius 3 is 2.90 bits per heavy atom. The molecule has 7 rings (SSSR count). The molecule has 6 heterocycles. The van der Waals surface area contributed by atoms with E-state index in [0.29, 0.717) is 67.9 Å². The summed E-state index contributed by atoms with van der Waals surface area (Å²) < 4.78 is 47.1. The summed E-state index contributed by atoms with van der Waals surface area (Å²) in [7, 11) is 0. The molecule has 0 fully saturated rings. The van der Waals surface area contributed by atoms with E-state index >= 15 is 0 Å². The molecule has 0 spiro atoms. The summed E-state index contributed by atoms with van der Waals surface area (Å²) in [5.74, 6) is -0.234. The van der Waals surface area contributed by atoms with Crippen molar-refractivity contribution in [3.8, 4) is 22.8 Å². The van der Waals surface area contributed by atoms with Gasteiger partial charge in [0.15, 0.2) is 27.4 Å². The number of halogens is 2. The number of β-amino-alcohol motifs (C(OH)–C–C–N with tert-alkyl or cyclic N) is 1. The van der Waals surface area contributed by atoms with E-state index in [4.69, 9.17) is 9.15 Å². The van der Waals surface area contributed by atoms with Gasteiger partial charge < -0.3 is 39.0 Å². The maximum Gasteiger partial charge on any atom is 0.586 e. The molecule has 5 aromatic rings. The number of carbonyl (C=O) groups excluding carboxylic acids is 1. The molecule has 0 aliphatic carbocycles. The predicted octanol–water partition coefficient (Wildman–Crippen LogP) is 4.49. The molecule has 0 saturated carbocycles. The number of hydrogen-bond donors (Lipinski definition) is 4.